The molecule has 19 heavy (non-hydrogen) atoms. The maximum atomic E-state index is 10.9. The summed E-state index contributed by atoms with van der Waals surface area (Å²) < 4.78 is 6.10. The molecule has 2 unspecified atom stereocenters. The normalized spacial score (nSPS) is 20.3. The van der Waals surface area contributed by atoms with E-state index in [0.29, 0.717) is 11.5 Å². The Bertz CT molecular complexity index is 487. The van der Waals surface area contributed by atoms with E-state index in [-0.39, 0.29) is 16.7 Å². The fourth-order valence-corrected chi connectivity index (χ4v) is 2.73. The number of nitro groups is 1. The Morgan fingerprint density at radius 2 is 2.32 bits per heavy atom. The van der Waals surface area contributed by atoms with Crippen molar-refractivity contribution in [3.63, 3.8) is 0 Å². The quantitative estimate of drug-likeness (QED) is 0.678. The van der Waals surface area contributed by atoms with Gasteiger partial charge in [-0.15, -0.1) is 0 Å². The van der Waals surface area contributed by atoms with Crippen molar-refractivity contribution in [1.29, 1.82) is 0 Å². The van der Waals surface area contributed by atoms with E-state index in [2.05, 4.69) is 28.2 Å². The van der Waals surface area contributed by atoms with Crippen LogP contribution in [0.2, 0.25) is 0 Å². The Balaban J connectivity index is 2.16. The number of hydrogen-bond acceptors (Lipinski definition) is 4. The molecule has 1 heterocycles. The zero-order valence-corrected chi connectivity index (χ0v) is 12.6. The van der Waals surface area contributed by atoms with Gasteiger partial charge in [0.25, 0.3) is 5.69 Å². The summed E-state index contributed by atoms with van der Waals surface area (Å²) in [6.45, 7) is 5.45. The molecule has 0 aliphatic carbocycles. The molecule has 1 aliphatic heterocycles. The fraction of sp³-hybridized carbons (Fsp3) is 0.538. The van der Waals surface area contributed by atoms with E-state index in [1.165, 1.54) is 0 Å². The average Bonchev–Trinajstić information content (AvgIpc) is 2.86. The van der Waals surface area contributed by atoms with Gasteiger partial charge in [-0.05, 0) is 42.3 Å². The van der Waals surface area contributed by atoms with Crippen LogP contribution >= 0.6 is 15.9 Å². The largest absolute Gasteiger partial charge is 0.381 e. The Morgan fingerprint density at radius 3 is 2.89 bits per heavy atom. The molecule has 1 fully saturated rings. The third-order valence-corrected chi connectivity index (χ3v) is 4.19. The highest BCUT2D eigenvalue weighted by Crippen LogP contribution is 2.32. The van der Waals surface area contributed by atoms with E-state index in [9.17, 15) is 10.1 Å². The van der Waals surface area contributed by atoms with Gasteiger partial charge in [0.2, 0.25) is 0 Å². The lowest BCUT2D eigenvalue weighted by Crippen LogP contribution is -2.26. The topological polar surface area (TPSA) is 64.4 Å². The van der Waals surface area contributed by atoms with Crippen molar-refractivity contribution in [3.05, 3.63) is 32.3 Å². The number of nitrogens with zero attached hydrogens (tertiary/aromatic N) is 1. The van der Waals surface area contributed by atoms with E-state index in [0.717, 1.165) is 29.8 Å². The number of benzene rings is 1. The molecular weight excluding hydrogens is 312 g/mol. The Morgan fingerprint density at radius 1 is 1.58 bits per heavy atom. The molecule has 0 bridgehead atoms. The van der Waals surface area contributed by atoms with E-state index < -0.39 is 0 Å². The zero-order valence-electron chi connectivity index (χ0n) is 11.0. The summed E-state index contributed by atoms with van der Waals surface area (Å²) in [5.41, 5.74) is 1.68. The van der Waals surface area contributed by atoms with Crippen molar-refractivity contribution in [1.82, 2.24) is 0 Å². The maximum absolute atomic E-state index is 10.9. The summed E-state index contributed by atoms with van der Waals surface area (Å²) in [6, 6.07) is 3.64. The molecule has 1 aliphatic rings. The first-order valence-electron chi connectivity index (χ1n) is 6.28. The van der Waals surface area contributed by atoms with Crippen LogP contribution in [0.5, 0.6) is 0 Å². The second kappa shape index (κ2) is 5.88. The van der Waals surface area contributed by atoms with Crippen LogP contribution in [0.1, 0.15) is 18.9 Å². The molecule has 1 aromatic rings. The molecule has 2 atom stereocenters. The van der Waals surface area contributed by atoms with Gasteiger partial charge in [-0.3, -0.25) is 10.1 Å². The SMILES string of the molecule is Cc1cc(NC(C)C2CCOC2)c(Br)cc1[N+](=O)[O-]. The smallest absolute Gasteiger partial charge is 0.273 e. The number of halogens is 1. The lowest BCUT2D eigenvalue weighted by atomic mass is 10.0. The molecule has 0 radical (unpaired) electrons. The van der Waals surface area contributed by atoms with Crippen molar-refractivity contribution in [2.75, 3.05) is 18.5 Å². The number of hydrogen-bond donors (Lipinski definition) is 1. The number of rotatable bonds is 4. The van der Waals surface area contributed by atoms with Crippen LogP contribution in [0, 0.1) is 23.0 Å². The summed E-state index contributed by atoms with van der Waals surface area (Å²) >= 11 is 3.39. The van der Waals surface area contributed by atoms with Gasteiger partial charge >= 0.3 is 0 Å². The summed E-state index contributed by atoms with van der Waals surface area (Å²) in [6.07, 6.45) is 1.05. The van der Waals surface area contributed by atoms with E-state index in [1.54, 1.807) is 13.0 Å². The third kappa shape index (κ3) is 3.25. The molecule has 1 N–H and O–H groups in total. The molecule has 0 saturated carbocycles. The maximum Gasteiger partial charge on any atom is 0.273 e. The monoisotopic (exact) mass is 328 g/mol. The summed E-state index contributed by atoms with van der Waals surface area (Å²) in [4.78, 5) is 10.5. The van der Waals surface area contributed by atoms with Gasteiger partial charge in [0.05, 0.1) is 11.5 Å². The lowest BCUT2D eigenvalue weighted by molar-refractivity contribution is -0.385. The Kier molecular flexibility index (Phi) is 4.42. The first-order valence-corrected chi connectivity index (χ1v) is 7.07. The number of nitrogens with one attached hydrogen (secondary N) is 1. The molecule has 0 spiro atoms. The van der Waals surface area contributed by atoms with Crippen molar-refractivity contribution in [2.24, 2.45) is 5.92 Å². The van der Waals surface area contributed by atoms with Gasteiger partial charge < -0.3 is 10.1 Å². The van der Waals surface area contributed by atoms with Crippen LogP contribution < -0.4 is 5.32 Å². The number of nitro benzene ring substituents is 1. The van der Waals surface area contributed by atoms with E-state index >= 15 is 0 Å². The van der Waals surface area contributed by atoms with Crippen LogP contribution in [0.4, 0.5) is 11.4 Å². The highest BCUT2D eigenvalue weighted by molar-refractivity contribution is 9.10. The molecule has 5 nitrogen and oxygen atoms in total. The molecular formula is C13H17BrN2O3. The summed E-state index contributed by atoms with van der Waals surface area (Å²) in [5, 5.41) is 14.3. The van der Waals surface area contributed by atoms with Crippen molar-refractivity contribution in [3.8, 4) is 0 Å². The highest BCUT2D eigenvalue weighted by atomic mass is 79.9. The van der Waals surface area contributed by atoms with Crippen molar-refractivity contribution < 1.29 is 9.66 Å². The van der Waals surface area contributed by atoms with E-state index in [1.807, 2.05) is 6.07 Å². The van der Waals surface area contributed by atoms with Crippen molar-refractivity contribution >= 4 is 27.3 Å². The van der Waals surface area contributed by atoms with Crippen LogP contribution in [-0.2, 0) is 4.74 Å². The number of aryl methyl sites for hydroxylation is 1. The predicted molar refractivity (Wildman–Crippen MR) is 77.5 cm³/mol. The lowest BCUT2D eigenvalue weighted by Gasteiger charge is -2.21. The van der Waals surface area contributed by atoms with Crippen molar-refractivity contribution in [2.45, 2.75) is 26.3 Å². The third-order valence-electron chi connectivity index (χ3n) is 3.54. The zero-order chi connectivity index (χ0) is 14.0. The molecule has 0 aromatic heterocycles. The Labute approximate surface area is 120 Å². The van der Waals surface area contributed by atoms with Gasteiger partial charge in [-0.2, -0.15) is 0 Å². The minimum absolute atomic E-state index is 0.134. The fourth-order valence-electron chi connectivity index (χ4n) is 2.29. The highest BCUT2D eigenvalue weighted by Gasteiger charge is 2.23. The van der Waals surface area contributed by atoms with Gasteiger partial charge in [0.15, 0.2) is 0 Å². The molecule has 2 rings (SSSR count). The number of anilines is 1. The second-order valence-corrected chi connectivity index (χ2v) is 5.79. The molecule has 104 valence electrons. The minimum Gasteiger partial charge on any atom is -0.381 e. The first-order chi connectivity index (χ1) is 8.99. The van der Waals surface area contributed by atoms with Crippen LogP contribution in [0.15, 0.2) is 16.6 Å². The standard InChI is InChI=1S/C13H17BrN2O3/c1-8-5-12(11(14)6-13(8)16(17)18)15-9(2)10-3-4-19-7-10/h5-6,9-10,15H,3-4,7H2,1-2H3. The van der Waals surface area contributed by atoms with Gasteiger partial charge in [0, 0.05) is 40.4 Å². The van der Waals surface area contributed by atoms with Crippen LogP contribution in [-0.4, -0.2) is 24.2 Å². The van der Waals surface area contributed by atoms with Gasteiger partial charge in [-0.25, -0.2) is 0 Å². The molecule has 6 heteroatoms. The van der Waals surface area contributed by atoms with Gasteiger partial charge in [-0.1, -0.05) is 0 Å². The van der Waals surface area contributed by atoms with E-state index in [4.69, 9.17) is 4.74 Å². The second-order valence-electron chi connectivity index (χ2n) is 4.93. The molecule has 1 saturated heterocycles. The summed E-state index contributed by atoms with van der Waals surface area (Å²) in [5.74, 6) is 0.488. The van der Waals surface area contributed by atoms with Gasteiger partial charge in [0.1, 0.15) is 0 Å². The van der Waals surface area contributed by atoms with Crippen LogP contribution in [0.3, 0.4) is 0 Å². The number of ether oxygens (including phenoxy) is 1. The average molecular weight is 329 g/mol. The van der Waals surface area contributed by atoms with Crippen LogP contribution in [0.25, 0.3) is 0 Å². The molecule has 1 aromatic carbocycles. The predicted octanol–water partition coefficient (Wildman–Crippen LogP) is 3.50. The minimum atomic E-state index is -0.363. The Hall–Kier alpha value is -1.14. The first kappa shape index (κ1) is 14.3. The summed E-state index contributed by atoms with van der Waals surface area (Å²) in [7, 11) is 0. The molecule has 0 amide bonds.